The maximum atomic E-state index is 14.7. The lowest BCUT2D eigenvalue weighted by Gasteiger charge is -2.21. The van der Waals surface area contributed by atoms with Gasteiger partial charge in [0.1, 0.15) is 0 Å². The Morgan fingerprint density at radius 3 is 1.11 bits per heavy atom. The van der Waals surface area contributed by atoms with Gasteiger partial charge < -0.3 is 9.13 Å². The molecule has 7 nitrogen and oxygen atoms in total. The van der Waals surface area contributed by atoms with E-state index in [1.165, 1.54) is 6.07 Å². The molecule has 0 saturated heterocycles. The van der Waals surface area contributed by atoms with Crippen LogP contribution in [-0.4, -0.2) is 9.13 Å². The van der Waals surface area contributed by atoms with Crippen molar-refractivity contribution in [3.05, 3.63) is 281 Å². The van der Waals surface area contributed by atoms with E-state index in [4.69, 9.17) is 19.7 Å². The first-order chi connectivity index (χ1) is 40.4. The lowest BCUT2D eigenvalue weighted by atomic mass is 9.93. The Labute approximate surface area is 475 Å². The van der Waals surface area contributed by atoms with Crippen molar-refractivity contribution in [3.8, 4) is 90.3 Å². The summed E-state index contributed by atoms with van der Waals surface area (Å²) in [4.78, 5) is 11.2. The summed E-state index contributed by atoms with van der Waals surface area (Å²) < 4.78 is 48.3. The minimum Gasteiger partial charge on any atom is -0.310 e. The predicted octanol–water partition coefficient (Wildman–Crippen LogP) is 20.6. The van der Waals surface area contributed by atoms with Crippen molar-refractivity contribution in [2.45, 2.75) is 13.1 Å². The second kappa shape index (κ2) is 20.2. The first-order valence-electron chi connectivity index (χ1n) is 26.4. The average molecular weight is 1070 g/mol. The van der Waals surface area contributed by atoms with E-state index in [9.17, 15) is 23.7 Å². The Bertz CT molecular complexity index is 4820. The first-order valence-corrected chi connectivity index (χ1v) is 26.4. The van der Waals surface area contributed by atoms with E-state index >= 15 is 0 Å². The number of rotatable bonds is 8. The number of aryl methyl sites for hydroxylation is 1. The van der Waals surface area contributed by atoms with Crippen LogP contribution in [0.2, 0.25) is 0 Å². The molecule has 0 unspecified atom stereocenters. The quantitative estimate of drug-likeness (QED) is 0.142. The lowest BCUT2D eigenvalue weighted by Crippen LogP contribution is -2.05. The molecule has 2 heterocycles. The van der Waals surface area contributed by atoms with Crippen LogP contribution in [0.4, 0.5) is 30.2 Å². The first kappa shape index (κ1) is 50.7. The van der Waals surface area contributed by atoms with Crippen LogP contribution < -0.4 is 0 Å². The van der Waals surface area contributed by atoms with E-state index in [0.29, 0.717) is 61.7 Å². The molecule has 0 N–H and O–H groups in total. The molecule has 10 heteroatoms. The number of nitrogens with zero attached hydrogens (tertiary/aromatic N) is 7. The topological polar surface area (TPSA) is 70.5 Å². The third kappa shape index (κ3) is 9.04. The highest BCUT2D eigenvalue weighted by atomic mass is 19.4. The molecule has 0 radical (unpaired) electrons. The number of benzene rings is 11. The Balaban J connectivity index is 1.11. The van der Waals surface area contributed by atoms with Crippen molar-refractivity contribution in [2.75, 3.05) is 0 Å². The molecule has 11 aromatic carbocycles. The molecule has 0 aliphatic carbocycles. The fraction of sp³-hybridized carbons (Fsp3) is 0.0274. The molecule has 0 atom stereocenters. The molecule has 388 valence electrons. The van der Waals surface area contributed by atoms with Gasteiger partial charge in [-0.1, -0.05) is 121 Å². The molecular formula is C73H40F3N7. The van der Waals surface area contributed by atoms with Crippen molar-refractivity contribution in [2.24, 2.45) is 0 Å². The highest BCUT2D eigenvalue weighted by molar-refractivity contribution is 6.14. The largest absolute Gasteiger partial charge is 0.416 e. The molecule has 0 bridgehead atoms. The van der Waals surface area contributed by atoms with Crippen LogP contribution in [0.25, 0.3) is 136 Å². The summed E-state index contributed by atoms with van der Waals surface area (Å²) in [6.07, 6.45) is -4.60. The number of halogens is 3. The zero-order valence-electron chi connectivity index (χ0n) is 44.1. The monoisotopic (exact) mass is 1070 g/mol. The Kier molecular flexibility index (Phi) is 12.3. The van der Waals surface area contributed by atoms with Crippen LogP contribution in [0.3, 0.4) is 0 Å². The van der Waals surface area contributed by atoms with Crippen LogP contribution in [0, 0.1) is 49.3 Å². The fourth-order valence-electron chi connectivity index (χ4n) is 11.5. The second-order valence-electron chi connectivity index (χ2n) is 20.4. The maximum Gasteiger partial charge on any atom is 0.416 e. The van der Waals surface area contributed by atoms with E-state index in [1.807, 2.05) is 91.0 Å². The number of aromatic nitrogens is 2. The van der Waals surface area contributed by atoms with Crippen LogP contribution in [0.15, 0.2) is 224 Å². The molecule has 83 heavy (non-hydrogen) atoms. The van der Waals surface area contributed by atoms with Gasteiger partial charge in [0.2, 0.25) is 0 Å². The summed E-state index contributed by atoms with van der Waals surface area (Å²) >= 11 is 0. The van der Waals surface area contributed by atoms with Crippen LogP contribution in [0.5, 0.6) is 0 Å². The van der Waals surface area contributed by atoms with Gasteiger partial charge in [0.15, 0.2) is 17.1 Å². The number of hydrogen-bond acceptors (Lipinski definition) is 2. The second-order valence-corrected chi connectivity index (χ2v) is 20.4. The molecule has 13 rings (SSSR count). The summed E-state index contributed by atoms with van der Waals surface area (Å²) in [5.41, 5.74) is 16.7. The zero-order chi connectivity index (χ0) is 57.1. The van der Waals surface area contributed by atoms with Gasteiger partial charge >= 0.3 is 6.18 Å². The summed E-state index contributed by atoms with van der Waals surface area (Å²) in [6.45, 7) is 25.2. The Morgan fingerprint density at radius 2 is 0.711 bits per heavy atom. The van der Waals surface area contributed by atoms with Gasteiger partial charge in [-0.05, 0) is 171 Å². The van der Waals surface area contributed by atoms with E-state index in [2.05, 4.69) is 96.5 Å². The molecule has 2 aromatic heterocycles. The molecular weight excluding hydrogens is 1030 g/mol. The molecule has 0 amide bonds. The average Bonchev–Trinajstić information content (AvgIpc) is 2.05. The van der Waals surface area contributed by atoms with Crippen molar-refractivity contribution < 1.29 is 13.2 Å². The number of nitriles is 2. The van der Waals surface area contributed by atoms with Gasteiger partial charge in [-0.25, -0.2) is 14.5 Å². The van der Waals surface area contributed by atoms with Crippen molar-refractivity contribution in [1.29, 1.82) is 10.5 Å². The number of fused-ring (bicyclic) bond motifs is 6. The highest BCUT2D eigenvalue weighted by Gasteiger charge is 2.31. The Morgan fingerprint density at radius 1 is 0.349 bits per heavy atom. The van der Waals surface area contributed by atoms with Gasteiger partial charge in [-0.15, -0.1) is 0 Å². The smallest absolute Gasteiger partial charge is 0.310 e. The normalized spacial score (nSPS) is 11.3. The molecule has 0 aliphatic heterocycles. The maximum absolute atomic E-state index is 14.7. The summed E-state index contributed by atoms with van der Waals surface area (Å²) in [6, 6.07) is 74.8. The Hall–Kier alpha value is -11.7. The summed E-state index contributed by atoms with van der Waals surface area (Å²) in [7, 11) is 0. The van der Waals surface area contributed by atoms with E-state index in [1.54, 1.807) is 67.6 Å². The van der Waals surface area contributed by atoms with Gasteiger partial charge in [-0.3, -0.25) is 0 Å². The molecule has 0 aliphatic rings. The third-order valence-corrected chi connectivity index (χ3v) is 15.5. The van der Waals surface area contributed by atoms with Gasteiger partial charge in [0, 0.05) is 38.4 Å². The van der Waals surface area contributed by atoms with Crippen LogP contribution in [-0.2, 0) is 6.18 Å². The van der Waals surface area contributed by atoms with Crippen molar-refractivity contribution in [1.82, 2.24) is 9.13 Å². The minimum atomic E-state index is -4.60. The SMILES string of the molecule is [C-]#[N+]c1ccc(-c2ccc3c(c2)c2cc(-c4ccc(C#N)cc4)ccc2n3-c2ccc(-c3cc(C)cc(C(F)(F)F)c3)cc2-c2ccc([N+]#[C-])cc2-n2c3ccc(-c4ccc(C#N)cc4)cc3c3cc(-c4ccc([N+]#[C-])cc4)ccc32)cc1. The van der Waals surface area contributed by atoms with Crippen molar-refractivity contribution in [3.63, 3.8) is 0 Å². The number of alkyl halides is 3. The fourth-order valence-corrected chi connectivity index (χ4v) is 11.5. The van der Waals surface area contributed by atoms with Crippen molar-refractivity contribution >= 4 is 60.7 Å². The van der Waals surface area contributed by atoms with Gasteiger partial charge in [0.05, 0.1) is 76.3 Å². The standard InChI is InChI=1S/C73H40F3N7/c1-44-33-56(35-57(34-44)73(74,75)76)55-21-32-67(82-68-28-17-51(47-9-5-45(42-77)6-10-47)36-63(68)64-38-53(18-29-69(64)82)49-13-22-58(79-2)23-14-49)62(40-55)61-27-26-60(81-4)41-72(61)83-70-30-19-52(48-11-7-46(43-78)8-12-48)37-65(70)66-39-54(20-31-71(66)83)50-15-24-59(80-3)25-16-50/h5-41H,1H3. The van der Waals surface area contributed by atoms with Gasteiger partial charge in [0.25, 0.3) is 0 Å². The van der Waals surface area contributed by atoms with Crippen LogP contribution in [0.1, 0.15) is 22.3 Å². The minimum absolute atomic E-state index is 0.375. The lowest BCUT2D eigenvalue weighted by molar-refractivity contribution is -0.137. The number of hydrogen-bond donors (Lipinski definition) is 0. The molecule has 13 aromatic rings. The predicted molar refractivity (Wildman–Crippen MR) is 326 cm³/mol. The molecule has 0 spiro atoms. The van der Waals surface area contributed by atoms with E-state index < -0.39 is 11.7 Å². The summed E-state index contributed by atoms with van der Waals surface area (Å²) in [5, 5.41) is 22.9. The van der Waals surface area contributed by atoms with E-state index in [0.717, 1.165) is 99.9 Å². The highest BCUT2D eigenvalue weighted by Crippen LogP contribution is 2.46. The van der Waals surface area contributed by atoms with Gasteiger partial charge in [-0.2, -0.15) is 23.7 Å². The molecule has 0 saturated carbocycles. The molecule has 0 fully saturated rings. The van der Waals surface area contributed by atoms with E-state index in [-0.39, 0.29) is 0 Å². The summed E-state index contributed by atoms with van der Waals surface area (Å²) in [5.74, 6) is 0. The third-order valence-electron chi connectivity index (χ3n) is 15.5. The zero-order valence-corrected chi connectivity index (χ0v) is 44.1. The van der Waals surface area contributed by atoms with Crippen LogP contribution >= 0.6 is 0 Å².